The molecule has 0 aliphatic carbocycles. The standard InChI is InChI=1S/C10H10Cl2N2OS/c1-5(2)15-10-13-8-4-6(11)3-7(12)9(8)16-14-10/h3-5H,1-2H3,(H,13,14). The fourth-order valence-electron chi connectivity index (χ4n) is 1.23. The molecule has 1 aromatic carbocycles. The molecule has 0 atom stereocenters. The largest absolute Gasteiger partial charge is 0.462 e. The van der Waals surface area contributed by atoms with E-state index in [2.05, 4.69) is 9.71 Å². The first-order valence-electron chi connectivity index (χ1n) is 4.73. The highest BCUT2D eigenvalue weighted by Gasteiger charge is 2.17. The average molecular weight is 277 g/mol. The van der Waals surface area contributed by atoms with Gasteiger partial charge >= 0.3 is 6.02 Å². The number of hydrogen-bond donors (Lipinski definition) is 1. The molecule has 0 spiro atoms. The lowest BCUT2D eigenvalue weighted by Gasteiger charge is -2.19. The summed E-state index contributed by atoms with van der Waals surface area (Å²) >= 11 is 13.3. The highest BCUT2D eigenvalue weighted by Crippen LogP contribution is 2.39. The lowest BCUT2D eigenvalue weighted by Crippen LogP contribution is -2.24. The summed E-state index contributed by atoms with van der Waals surface area (Å²) in [5, 5.41) is 1.16. The zero-order chi connectivity index (χ0) is 11.7. The van der Waals surface area contributed by atoms with Crippen molar-refractivity contribution in [3.8, 4) is 0 Å². The number of nitrogens with one attached hydrogen (secondary N) is 1. The van der Waals surface area contributed by atoms with E-state index in [9.17, 15) is 0 Å². The van der Waals surface area contributed by atoms with Crippen LogP contribution >= 0.6 is 35.1 Å². The van der Waals surface area contributed by atoms with E-state index in [4.69, 9.17) is 27.9 Å². The van der Waals surface area contributed by atoms with Crippen molar-refractivity contribution in [2.45, 2.75) is 24.8 Å². The van der Waals surface area contributed by atoms with Crippen LogP contribution in [0.4, 0.5) is 5.69 Å². The van der Waals surface area contributed by atoms with E-state index in [1.54, 1.807) is 12.1 Å². The number of benzene rings is 1. The number of halogens is 2. The van der Waals surface area contributed by atoms with Gasteiger partial charge < -0.3 is 4.74 Å². The molecule has 2 rings (SSSR count). The monoisotopic (exact) mass is 276 g/mol. The Morgan fingerprint density at radius 1 is 1.38 bits per heavy atom. The quantitative estimate of drug-likeness (QED) is 0.787. The Balaban J connectivity index is 2.35. The van der Waals surface area contributed by atoms with Crippen LogP contribution in [-0.2, 0) is 4.74 Å². The van der Waals surface area contributed by atoms with E-state index < -0.39 is 0 Å². The maximum absolute atomic E-state index is 6.05. The molecule has 6 heteroatoms. The number of nitrogens with zero attached hydrogens (tertiary/aromatic N) is 1. The molecule has 0 bridgehead atoms. The minimum atomic E-state index is 0.0723. The molecule has 16 heavy (non-hydrogen) atoms. The highest BCUT2D eigenvalue weighted by atomic mass is 35.5. The Labute approximate surface area is 108 Å². The topological polar surface area (TPSA) is 33.6 Å². The summed E-state index contributed by atoms with van der Waals surface area (Å²) in [6, 6.07) is 3.94. The normalized spacial score (nSPS) is 14.2. The number of hydrogen-bond acceptors (Lipinski definition) is 4. The molecule has 0 aromatic heterocycles. The lowest BCUT2D eigenvalue weighted by atomic mass is 10.3. The van der Waals surface area contributed by atoms with Gasteiger partial charge in [0.05, 0.1) is 21.7 Å². The van der Waals surface area contributed by atoms with Crippen molar-refractivity contribution in [1.82, 2.24) is 4.72 Å². The number of ether oxygens (including phenoxy) is 1. The first kappa shape index (κ1) is 11.9. The fourth-order valence-corrected chi connectivity index (χ4v) is 2.48. The molecule has 3 nitrogen and oxygen atoms in total. The Hall–Kier alpha value is -0.580. The summed E-state index contributed by atoms with van der Waals surface area (Å²) in [7, 11) is 0. The predicted octanol–water partition coefficient (Wildman–Crippen LogP) is 4.02. The van der Waals surface area contributed by atoms with Crippen LogP contribution in [0.5, 0.6) is 0 Å². The minimum absolute atomic E-state index is 0.0723. The third-order valence-electron chi connectivity index (χ3n) is 1.80. The van der Waals surface area contributed by atoms with Crippen molar-refractivity contribution in [2.75, 3.05) is 0 Å². The molecule has 0 unspecified atom stereocenters. The summed E-state index contributed by atoms with van der Waals surface area (Å²) in [6.07, 6.45) is 0.0723. The van der Waals surface area contributed by atoms with Crippen LogP contribution in [0, 0.1) is 0 Å². The van der Waals surface area contributed by atoms with Gasteiger partial charge in [-0.3, -0.25) is 4.72 Å². The molecule has 1 heterocycles. The van der Waals surface area contributed by atoms with Crippen molar-refractivity contribution < 1.29 is 4.74 Å². The maximum atomic E-state index is 6.05. The first-order chi connectivity index (χ1) is 7.56. The summed E-state index contributed by atoms with van der Waals surface area (Å²) in [5.74, 6) is 0. The molecule has 1 aromatic rings. The molecule has 0 radical (unpaired) electrons. The molecular weight excluding hydrogens is 267 g/mol. The molecule has 0 fully saturated rings. The smallest absolute Gasteiger partial charge is 0.300 e. The first-order valence-corrected chi connectivity index (χ1v) is 6.31. The zero-order valence-corrected chi connectivity index (χ0v) is 11.1. The number of fused-ring (bicyclic) bond motifs is 1. The summed E-state index contributed by atoms with van der Waals surface area (Å²) < 4.78 is 8.44. The van der Waals surface area contributed by atoms with Crippen LogP contribution in [0.25, 0.3) is 0 Å². The number of amidine groups is 1. The third-order valence-corrected chi connectivity index (χ3v) is 3.34. The van der Waals surface area contributed by atoms with Crippen LogP contribution in [0.15, 0.2) is 22.0 Å². The molecule has 0 saturated heterocycles. The van der Waals surface area contributed by atoms with Gasteiger partial charge in [-0.05, 0) is 37.9 Å². The van der Waals surface area contributed by atoms with Crippen molar-refractivity contribution in [2.24, 2.45) is 4.99 Å². The molecule has 0 amide bonds. The Kier molecular flexibility index (Phi) is 3.52. The second-order valence-corrected chi connectivity index (χ2v) is 5.18. The van der Waals surface area contributed by atoms with Gasteiger partial charge in [0, 0.05) is 5.02 Å². The number of aliphatic imine (C=N–C) groups is 1. The van der Waals surface area contributed by atoms with Crippen molar-refractivity contribution in [3.05, 3.63) is 22.2 Å². The van der Waals surface area contributed by atoms with Gasteiger partial charge in [0.25, 0.3) is 0 Å². The molecule has 0 saturated carbocycles. The van der Waals surface area contributed by atoms with Crippen molar-refractivity contribution in [3.63, 3.8) is 0 Å². The van der Waals surface area contributed by atoms with E-state index in [-0.39, 0.29) is 6.10 Å². The van der Waals surface area contributed by atoms with Gasteiger partial charge in [-0.2, -0.15) is 4.99 Å². The molecule has 1 aliphatic heterocycles. The van der Waals surface area contributed by atoms with Crippen molar-refractivity contribution >= 4 is 46.9 Å². The van der Waals surface area contributed by atoms with Crippen LogP contribution in [0.2, 0.25) is 10.0 Å². The maximum Gasteiger partial charge on any atom is 0.300 e. The van der Waals surface area contributed by atoms with Gasteiger partial charge in [-0.15, -0.1) is 0 Å². The Morgan fingerprint density at radius 3 is 2.81 bits per heavy atom. The molecule has 1 aliphatic rings. The summed E-state index contributed by atoms with van der Waals surface area (Å²) in [5.41, 5.74) is 0.733. The highest BCUT2D eigenvalue weighted by molar-refractivity contribution is 7.98. The number of rotatable bonds is 1. The van der Waals surface area contributed by atoms with Gasteiger partial charge in [-0.25, -0.2) is 0 Å². The second kappa shape index (κ2) is 4.73. The lowest BCUT2D eigenvalue weighted by molar-refractivity contribution is 0.222. The van der Waals surface area contributed by atoms with Crippen LogP contribution in [0.1, 0.15) is 13.8 Å². The van der Waals surface area contributed by atoms with E-state index in [1.807, 2.05) is 13.8 Å². The SMILES string of the molecule is CC(C)OC1=Nc2cc(Cl)cc(Cl)c2SN1. The summed E-state index contributed by atoms with van der Waals surface area (Å²) in [4.78, 5) is 5.16. The Morgan fingerprint density at radius 2 is 2.12 bits per heavy atom. The fraction of sp³-hybridized carbons (Fsp3) is 0.300. The van der Waals surface area contributed by atoms with E-state index in [1.165, 1.54) is 11.9 Å². The van der Waals surface area contributed by atoms with Gasteiger partial charge in [0.1, 0.15) is 0 Å². The minimum Gasteiger partial charge on any atom is -0.462 e. The van der Waals surface area contributed by atoms with Crippen LogP contribution < -0.4 is 4.72 Å². The van der Waals surface area contributed by atoms with Crippen molar-refractivity contribution in [1.29, 1.82) is 0 Å². The van der Waals surface area contributed by atoms with Gasteiger partial charge in [0.15, 0.2) is 0 Å². The summed E-state index contributed by atoms with van der Waals surface area (Å²) in [6.45, 7) is 3.88. The zero-order valence-electron chi connectivity index (χ0n) is 8.75. The van der Waals surface area contributed by atoms with Crippen LogP contribution in [-0.4, -0.2) is 12.1 Å². The average Bonchev–Trinajstić information content (AvgIpc) is 2.15. The van der Waals surface area contributed by atoms with E-state index in [0.717, 1.165) is 10.6 Å². The Bertz CT molecular complexity index is 449. The van der Waals surface area contributed by atoms with Gasteiger partial charge in [-0.1, -0.05) is 23.2 Å². The molecule has 86 valence electrons. The van der Waals surface area contributed by atoms with E-state index in [0.29, 0.717) is 16.1 Å². The third kappa shape index (κ3) is 2.56. The predicted molar refractivity (Wildman–Crippen MR) is 68.8 cm³/mol. The molecular formula is C10H10Cl2N2OS. The molecule has 1 N–H and O–H groups in total. The van der Waals surface area contributed by atoms with Crippen LogP contribution in [0.3, 0.4) is 0 Å². The van der Waals surface area contributed by atoms with Gasteiger partial charge in [0.2, 0.25) is 0 Å². The second-order valence-electron chi connectivity index (χ2n) is 3.52. The van der Waals surface area contributed by atoms with E-state index >= 15 is 0 Å².